The number of carbonyl (C=O) groups excluding carboxylic acids is 2. The number of nitrogens with one attached hydrogen (secondary N) is 1. The third kappa shape index (κ3) is 6.38. The second kappa shape index (κ2) is 11.2. The highest BCUT2D eigenvalue weighted by molar-refractivity contribution is 6.36. The number of hydrogen-bond donors (Lipinski definition) is 1. The van der Waals surface area contributed by atoms with Crippen LogP contribution in [0.1, 0.15) is 50.2 Å². The summed E-state index contributed by atoms with van der Waals surface area (Å²) in [6.45, 7) is 2.07. The summed E-state index contributed by atoms with van der Waals surface area (Å²) >= 11 is 18.9. The summed E-state index contributed by atoms with van der Waals surface area (Å²) in [6, 6.07) is 12.0. The molecule has 31 heavy (non-hydrogen) atoms. The highest BCUT2D eigenvalue weighted by Gasteiger charge is 2.31. The molecular formula is C24H27Cl3N2O2. The van der Waals surface area contributed by atoms with Gasteiger partial charge in [0, 0.05) is 33.2 Å². The van der Waals surface area contributed by atoms with Gasteiger partial charge in [0.25, 0.3) is 0 Å². The molecule has 0 saturated heterocycles. The molecule has 0 heterocycles. The van der Waals surface area contributed by atoms with Crippen molar-refractivity contribution in [1.82, 2.24) is 10.2 Å². The number of benzene rings is 2. The number of rotatable bonds is 8. The van der Waals surface area contributed by atoms with Crippen LogP contribution in [-0.4, -0.2) is 28.8 Å². The molecule has 2 aromatic carbocycles. The third-order valence-corrected chi connectivity index (χ3v) is 6.67. The molecule has 1 fully saturated rings. The predicted octanol–water partition coefficient (Wildman–Crippen LogP) is 6.06. The first kappa shape index (κ1) is 23.9. The zero-order chi connectivity index (χ0) is 22.4. The van der Waals surface area contributed by atoms with Gasteiger partial charge in [-0.05, 0) is 49.1 Å². The summed E-state index contributed by atoms with van der Waals surface area (Å²) in [5.74, 6) is -0.302. The Bertz CT molecular complexity index is 909. The topological polar surface area (TPSA) is 49.4 Å². The Morgan fingerprint density at radius 2 is 1.71 bits per heavy atom. The quantitative estimate of drug-likeness (QED) is 0.498. The molecule has 0 aromatic heterocycles. The van der Waals surface area contributed by atoms with E-state index in [1.807, 2.05) is 19.1 Å². The van der Waals surface area contributed by atoms with Crippen LogP contribution >= 0.6 is 34.8 Å². The lowest BCUT2D eigenvalue weighted by Gasteiger charge is -2.32. The number of carbonyl (C=O) groups is 2. The fraction of sp³-hybridized carbons (Fsp3) is 0.417. The van der Waals surface area contributed by atoms with Gasteiger partial charge < -0.3 is 10.2 Å². The van der Waals surface area contributed by atoms with Crippen LogP contribution in [0.3, 0.4) is 0 Å². The van der Waals surface area contributed by atoms with Gasteiger partial charge in [0.2, 0.25) is 11.8 Å². The molecule has 0 aliphatic heterocycles. The van der Waals surface area contributed by atoms with E-state index in [4.69, 9.17) is 34.8 Å². The molecule has 1 saturated carbocycles. The van der Waals surface area contributed by atoms with E-state index >= 15 is 0 Å². The van der Waals surface area contributed by atoms with Crippen LogP contribution in [0.5, 0.6) is 0 Å². The third-order valence-electron chi connectivity index (χ3n) is 5.72. The molecule has 0 spiro atoms. The normalized spacial score (nSPS) is 15.0. The molecular weight excluding hydrogens is 455 g/mol. The monoisotopic (exact) mass is 480 g/mol. The molecule has 1 aliphatic carbocycles. The van der Waals surface area contributed by atoms with E-state index in [1.54, 1.807) is 35.2 Å². The van der Waals surface area contributed by atoms with Crippen molar-refractivity contribution >= 4 is 46.6 Å². The fourth-order valence-corrected chi connectivity index (χ4v) is 4.79. The Morgan fingerprint density at radius 3 is 2.32 bits per heavy atom. The van der Waals surface area contributed by atoms with Gasteiger partial charge in [0.05, 0.1) is 6.42 Å². The lowest BCUT2D eigenvalue weighted by molar-refractivity contribution is -0.141. The Balaban J connectivity index is 1.87. The summed E-state index contributed by atoms with van der Waals surface area (Å²) < 4.78 is 0. The average Bonchev–Trinajstić information content (AvgIpc) is 3.23. The first-order chi connectivity index (χ1) is 14.9. The standard InChI is InChI=1S/C24H27Cl3N2O2/c1-2-22(24(31)28-18-9-3-4-10-18)29(15-19-20(26)11-6-12-21(19)27)23(30)14-16-7-5-8-17(25)13-16/h5-8,11-13,18,22H,2-4,9-10,14-15H2,1H3,(H,28,31). The van der Waals surface area contributed by atoms with Gasteiger partial charge in [0.15, 0.2) is 0 Å². The smallest absolute Gasteiger partial charge is 0.243 e. The highest BCUT2D eigenvalue weighted by atomic mass is 35.5. The van der Waals surface area contributed by atoms with Crippen LogP contribution < -0.4 is 5.32 Å². The van der Waals surface area contributed by atoms with Crippen molar-refractivity contribution in [2.24, 2.45) is 0 Å². The Morgan fingerprint density at radius 1 is 1.06 bits per heavy atom. The molecule has 3 rings (SSSR count). The maximum atomic E-state index is 13.4. The van der Waals surface area contributed by atoms with Crippen molar-refractivity contribution in [1.29, 1.82) is 0 Å². The summed E-state index contributed by atoms with van der Waals surface area (Å²) in [6.07, 6.45) is 4.82. The molecule has 1 unspecified atom stereocenters. The van der Waals surface area contributed by atoms with Crippen molar-refractivity contribution in [3.05, 3.63) is 68.7 Å². The number of nitrogens with zero attached hydrogens (tertiary/aromatic N) is 1. The van der Waals surface area contributed by atoms with Crippen molar-refractivity contribution in [2.45, 2.75) is 64.1 Å². The highest BCUT2D eigenvalue weighted by Crippen LogP contribution is 2.28. The van der Waals surface area contributed by atoms with Crippen molar-refractivity contribution in [2.75, 3.05) is 0 Å². The van der Waals surface area contributed by atoms with E-state index in [-0.39, 0.29) is 30.8 Å². The van der Waals surface area contributed by atoms with Gasteiger partial charge >= 0.3 is 0 Å². The molecule has 166 valence electrons. The zero-order valence-corrected chi connectivity index (χ0v) is 19.8. The van der Waals surface area contributed by atoms with E-state index in [2.05, 4.69) is 5.32 Å². The molecule has 2 aromatic rings. The summed E-state index contributed by atoms with van der Waals surface area (Å²) in [5.41, 5.74) is 1.43. The SMILES string of the molecule is CCC(C(=O)NC1CCCC1)N(Cc1c(Cl)cccc1Cl)C(=O)Cc1cccc(Cl)c1. The van der Waals surface area contributed by atoms with E-state index < -0.39 is 6.04 Å². The maximum absolute atomic E-state index is 13.4. The second-order valence-electron chi connectivity index (χ2n) is 7.94. The van der Waals surface area contributed by atoms with Crippen molar-refractivity contribution in [3.8, 4) is 0 Å². The Hall–Kier alpha value is -1.75. The van der Waals surface area contributed by atoms with Crippen LogP contribution in [0, 0.1) is 0 Å². The van der Waals surface area contributed by atoms with Gasteiger partial charge in [-0.2, -0.15) is 0 Å². The van der Waals surface area contributed by atoms with E-state index in [0.29, 0.717) is 27.1 Å². The largest absolute Gasteiger partial charge is 0.352 e. The second-order valence-corrected chi connectivity index (χ2v) is 9.19. The fourth-order valence-electron chi connectivity index (χ4n) is 4.06. The van der Waals surface area contributed by atoms with Crippen LogP contribution in [0.25, 0.3) is 0 Å². The first-order valence-electron chi connectivity index (χ1n) is 10.7. The van der Waals surface area contributed by atoms with Crippen LogP contribution in [-0.2, 0) is 22.6 Å². The average molecular weight is 482 g/mol. The number of hydrogen-bond acceptors (Lipinski definition) is 2. The first-order valence-corrected chi connectivity index (χ1v) is 11.8. The molecule has 0 bridgehead atoms. The van der Waals surface area contributed by atoms with E-state index in [9.17, 15) is 9.59 Å². The molecule has 4 nitrogen and oxygen atoms in total. The Kier molecular flexibility index (Phi) is 8.65. The maximum Gasteiger partial charge on any atom is 0.243 e. The molecule has 1 aliphatic rings. The molecule has 2 amide bonds. The van der Waals surface area contributed by atoms with Crippen LogP contribution in [0.2, 0.25) is 15.1 Å². The van der Waals surface area contributed by atoms with Crippen LogP contribution in [0.4, 0.5) is 0 Å². The van der Waals surface area contributed by atoms with Gasteiger partial charge in [-0.15, -0.1) is 0 Å². The minimum Gasteiger partial charge on any atom is -0.352 e. The van der Waals surface area contributed by atoms with E-state index in [0.717, 1.165) is 31.2 Å². The summed E-state index contributed by atoms with van der Waals surface area (Å²) in [5, 5.41) is 4.64. The Labute approximate surface area is 198 Å². The van der Waals surface area contributed by atoms with Crippen molar-refractivity contribution < 1.29 is 9.59 Å². The van der Waals surface area contributed by atoms with Gasteiger partial charge in [-0.3, -0.25) is 9.59 Å². The summed E-state index contributed by atoms with van der Waals surface area (Å²) in [4.78, 5) is 28.2. The van der Waals surface area contributed by atoms with E-state index in [1.165, 1.54) is 0 Å². The molecule has 1 N–H and O–H groups in total. The minimum atomic E-state index is -0.611. The lowest BCUT2D eigenvalue weighted by atomic mass is 10.1. The van der Waals surface area contributed by atoms with Gasteiger partial charge in [0.1, 0.15) is 6.04 Å². The van der Waals surface area contributed by atoms with Gasteiger partial charge in [-0.25, -0.2) is 0 Å². The minimum absolute atomic E-state index is 0.128. The lowest BCUT2D eigenvalue weighted by Crippen LogP contribution is -2.51. The summed E-state index contributed by atoms with van der Waals surface area (Å²) in [7, 11) is 0. The molecule has 7 heteroatoms. The molecule has 1 atom stereocenters. The number of amides is 2. The van der Waals surface area contributed by atoms with Gasteiger partial charge in [-0.1, -0.05) is 72.8 Å². The predicted molar refractivity (Wildman–Crippen MR) is 127 cm³/mol. The van der Waals surface area contributed by atoms with Crippen molar-refractivity contribution in [3.63, 3.8) is 0 Å². The molecule has 0 radical (unpaired) electrons. The number of halogens is 3. The van der Waals surface area contributed by atoms with Crippen LogP contribution in [0.15, 0.2) is 42.5 Å². The zero-order valence-electron chi connectivity index (χ0n) is 17.5.